The van der Waals surface area contributed by atoms with Crippen LogP contribution in [0.2, 0.25) is 0 Å². The SMILES string of the molecule is Cc1ccc(C(=O)NNC(=O)c2nc(-c3ccccc3)n(-c3ccccc3)n2)c(C)n1. The van der Waals surface area contributed by atoms with E-state index in [1.807, 2.05) is 67.6 Å². The molecule has 0 spiro atoms. The molecule has 0 unspecified atom stereocenters. The summed E-state index contributed by atoms with van der Waals surface area (Å²) in [6.45, 7) is 3.58. The lowest BCUT2D eigenvalue weighted by molar-refractivity contribution is 0.0840. The van der Waals surface area contributed by atoms with Gasteiger partial charge in [-0.15, -0.1) is 5.10 Å². The summed E-state index contributed by atoms with van der Waals surface area (Å²) in [5.41, 5.74) is 8.10. The number of carbonyl (C=O) groups excluding carboxylic acids is 2. The Morgan fingerprint density at radius 1 is 0.774 bits per heavy atom. The highest BCUT2D eigenvalue weighted by molar-refractivity contribution is 5.98. The predicted molar refractivity (Wildman–Crippen MR) is 115 cm³/mol. The maximum Gasteiger partial charge on any atom is 0.309 e. The Labute approximate surface area is 179 Å². The number of para-hydroxylation sites is 1. The molecule has 31 heavy (non-hydrogen) atoms. The second-order valence-electron chi connectivity index (χ2n) is 6.87. The van der Waals surface area contributed by atoms with Gasteiger partial charge in [0.2, 0.25) is 5.82 Å². The first kappa shape index (κ1) is 20.0. The highest BCUT2D eigenvalue weighted by Gasteiger charge is 2.19. The molecule has 154 valence electrons. The van der Waals surface area contributed by atoms with Gasteiger partial charge in [0.1, 0.15) is 0 Å². The lowest BCUT2D eigenvalue weighted by Gasteiger charge is -2.08. The Kier molecular flexibility index (Phi) is 5.53. The van der Waals surface area contributed by atoms with Gasteiger partial charge in [-0.3, -0.25) is 25.4 Å². The van der Waals surface area contributed by atoms with Crippen molar-refractivity contribution >= 4 is 11.8 Å². The third-order valence-corrected chi connectivity index (χ3v) is 4.60. The molecule has 0 radical (unpaired) electrons. The van der Waals surface area contributed by atoms with E-state index in [1.165, 1.54) is 0 Å². The van der Waals surface area contributed by atoms with Gasteiger partial charge >= 0.3 is 5.91 Å². The number of hydrazine groups is 1. The van der Waals surface area contributed by atoms with Crippen LogP contribution < -0.4 is 10.9 Å². The van der Waals surface area contributed by atoms with Crippen molar-refractivity contribution in [3.8, 4) is 17.1 Å². The van der Waals surface area contributed by atoms with Gasteiger partial charge in [0.05, 0.1) is 16.9 Å². The van der Waals surface area contributed by atoms with Gasteiger partial charge in [-0.05, 0) is 38.1 Å². The number of carbonyl (C=O) groups is 2. The van der Waals surface area contributed by atoms with Crippen LogP contribution in [0.1, 0.15) is 32.4 Å². The molecular formula is C23H20N6O2. The topological polar surface area (TPSA) is 102 Å². The minimum Gasteiger partial charge on any atom is -0.267 e. The van der Waals surface area contributed by atoms with Crippen LogP contribution in [-0.4, -0.2) is 31.6 Å². The van der Waals surface area contributed by atoms with Gasteiger partial charge in [-0.1, -0.05) is 48.5 Å². The quantitative estimate of drug-likeness (QED) is 0.502. The van der Waals surface area contributed by atoms with Crippen molar-refractivity contribution in [1.82, 2.24) is 30.6 Å². The number of aromatic nitrogens is 4. The number of hydrogen-bond donors (Lipinski definition) is 2. The molecule has 8 nitrogen and oxygen atoms in total. The first-order valence-corrected chi connectivity index (χ1v) is 9.66. The average Bonchev–Trinajstić information content (AvgIpc) is 3.24. The first-order chi connectivity index (χ1) is 15.0. The maximum absolute atomic E-state index is 12.7. The van der Waals surface area contributed by atoms with E-state index in [9.17, 15) is 9.59 Å². The second-order valence-corrected chi connectivity index (χ2v) is 6.87. The smallest absolute Gasteiger partial charge is 0.267 e. The molecule has 2 N–H and O–H groups in total. The number of benzene rings is 2. The van der Waals surface area contributed by atoms with E-state index in [4.69, 9.17) is 0 Å². The summed E-state index contributed by atoms with van der Waals surface area (Å²) < 4.78 is 1.60. The zero-order chi connectivity index (χ0) is 21.8. The molecule has 0 fully saturated rings. The number of nitrogens with zero attached hydrogens (tertiary/aromatic N) is 4. The van der Waals surface area contributed by atoms with Crippen molar-refractivity contribution in [1.29, 1.82) is 0 Å². The van der Waals surface area contributed by atoms with Crippen molar-refractivity contribution in [2.45, 2.75) is 13.8 Å². The van der Waals surface area contributed by atoms with Gasteiger partial charge in [0, 0.05) is 11.3 Å². The van der Waals surface area contributed by atoms with Crippen LogP contribution >= 0.6 is 0 Å². The van der Waals surface area contributed by atoms with E-state index < -0.39 is 11.8 Å². The standard InChI is InChI=1S/C23H20N6O2/c1-15-13-14-19(16(2)24-15)22(30)26-27-23(31)20-25-21(17-9-5-3-6-10-17)29(28-20)18-11-7-4-8-12-18/h3-14H,1-2H3,(H,26,30)(H,27,31). The van der Waals surface area contributed by atoms with Crippen LogP contribution in [0.3, 0.4) is 0 Å². The Morgan fingerprint density at radius 3 is 2.10 bits per heavy atom. The van der Waals surface area contributed by atoms with Crippen LogP contribution in [0.5, 0.6) is 0 Å². The van der Waals surface area contributed by atoms with Gasteiger partial charge in [-0.2, -0.15) is 0 Å². The molecule has 2 aromatic heterocycles. The second kappa shape index (κ2) is 8.58. The summed E-state index contributed by atoms with van der Waals surface area (Å²) in [7, 11) is 0. The average molecular weight is 412 g/mol. The minimum absolute atomic E-state index is 0.0678. The third kappa shape index (κ3) is 4.32. The number of nitrogens with one attached hydrogen (secondary N) is 2. The molecule has 2 aromatic carbocycles. The van der Waals surface area contributed by atoms with Gasteiger partial charge in [0.25, 0.3) is 5.91 Å². The van der Waals surface area contributed by atoms with Gasteiger partial charge in [-0.25, -0.2) is 9.67 Å². The molecule has 2 heterocycles. The van der Waals surface area contributed by atoms with Crippen LogP contribution in [0.25, 0.3) is 17.1 Å². The fraction of sp³-hybridized carbons (Fsp3) is 0.0870. The maximum atomic E-state index is 12.7. The molecule has 0 aliphatic rings. The monoisotopic (exact) mass is 412 g/mol. The molecule has 4 rings (SSSR count). The van der Waals surface area contributed by atoms with E-state index in [2.05, 4.69) is 25.9 Å². The number of pyridine rings is 1. The fourth-order valence-electron chi connectivity index (χ4n) is 3.09. The molecular weight excluding hydrogens is 392 g/mol. The molecule has 4 aromatic rings. The summed E-state index contributed by atoms with van der Waals surface area (Å²) in [6.07, 6.45) is 0. The largest absolute Gasteiger partial charge is 0.309 e. The van der Waals surface area contributed by atoms with Crippen LogP contribution in [0.4, 0.5) is 0 Å². The normalized spacial score (nSPS) is 10.5. The van der Waals surface area contributed by atoms with Gasteiger partial charge < -0.3 is 0 Å². The lowest BCUT2D eigenvalue weighted by atomic mass is 10.2. The molecule has 0 atom stereocenters. The predicted octanol–water partition coefficient (Wildman–Crippen LogP) is 3.02. The summed E-state index contributed by atoms with van der Waals surface area (Å²) in [6, 6.07) is 22.2. The number of rotatable bonds is 4. The first-order valence-electron chi connectivity index (χ1n) is 9.66. The van der Waals surface area contributed by atoms with Gasteiger partial charge in [0.15, 0.2) is 5.82 Å². The molecule has 0 aliphatic heterocycles. The Hall–Kier alpha value is -4.33. The zero-order valence-electron chi connectivity index (χ0n) is 17.0. The molecule has 0 aliphatic carbocycles. The Morgan fingerprint density at radius 2 is 1.42 bits per heavy atom. The van der Waals surface area contributed by atoms with Crippen molar-refractivity contribution in [2.24, 2.45) is 0 Å². The summed E-state index contributed by atoms with van der Waals surface area (Å²) in [5, 5.41) is 4.37. The van der Waals surface area contributed by atoms with Crippen LogP contribution in [0, 0.1) is 13.8 Å². The molecule has 0 saturated heterocycles. The number of hydrogen-bond acceptors (Lipinski definition) is 5. The molecule has 2 amide bonds. The minimum atomic E-state index is -0.627. The molecule has 0 saturated carbocycles. The van der Waals surface area contributed by atoms with Crippen molar-refractivity contribution < 1.29 is 9.59 Å². The van der Waals surface area contributed by atoms with E-state index in [0.717, 1.165) is 16.9 Å². The summed E-state index contributed by atoms with van der Waals surface area (Å²) >= 11 is 0. The highest BCUT2D eigenvalue weighted by atomic mass is 16.2. The Bertz CT molecular complexity index is 1180. The molecule has 0 bridgehead atoms. The van der Waals surface area contributed by atoms with Crippen molar-refractivity contribution in [2.75, 3.05) is 0 Å². The van der Waals surface area contributed by atoms with Crippen molar-refractivity contribution in [3.63, 3.8) is 0 Å². The zero-order valence-corrected chi connectivity index (χ0v) is 17.0. The number of aryl methyl sites for hydroxylation is 2. The Balaban J connectivity index is 1.58. The van der Waals surface area contributed by atoms with Crippen molar-refractivity contribution in [3.05, 3.63) is 95.6 Å². The van der Waals surface area contributed by atoms with Crippen LogP contribution in [0.15, 0.2) is 72.8 Å². The fourth-order valence-corrected chi connectivity index (χ4v) is 3.09. The summed E-state index contributed by atoms with van der Waals surface area (Å²) in [5.74, 6) is -0.648. The number of amides is 2. The highest BCUT2D eigenvalue weighted by Crippen LogP contribution is 2.20. The summed E-state index contributed by atoms with van der Waals surface area (Å²) in [4.78, 5) is 33.8. The molecule has 8 heteroatoms. The van der Waals surface area contributed by atoms with E-state index >= 15 is 0 Å². The lowest BCUT2D eigenvalue weighted by Crippen LogP contribution is -2.42. The van der Waals surface area contributed by atoms with E-state index in [0.29, 0.717) is 17.1 Å². The third-order valence-electron chi connectivity index (χ3n) is 4.60. The van der Waals surface area contributed by atoms with E-state index in [-0.39, 0.29) is 5.82 Å². The van der Waals surface area contributed by atoms with Crippen LogP contribution in [-0.2, 0) is 0 Å². The van der Waals surface area contributed by atoms with E-state index in [1.54, 1.807) is 23.7 Å².